The molecule has 0 radical (unpaired) electrons. The van der Waals surface area contributed by atoms with Gasteiger partial charge in [-0.2, -0.15) is 5.10 Å². The first-order chi connectivity index (χ1) is 12.7. The summed E-state index contributed by atoms with van der Waals surface area (Å²) in [6.45, 7) is 12.2. The number of piperidine rings is 1. The predicted octanol–water partition coefficient (Wildman–Crippen LogP) is 2.91. The van der Waals surface area contributed by atoms with Crippen LogP contribution in [0.15, 0.2) is 17.4 Å². The van der Waals surface area contributed by atoms with Crippen molar-refractivity contribution in [2.24, 2.45) is 18.0 Å². The number of nitrogens with one attached hydrogen (secondary N) is 1. The van der Waals surface area contributed by atoms with Gasteiger partial charge in [-0.05, 0) is 63.7 Å². The molecule has 2 saturated heterocycles. The summed E-state index contributed by atoms with van der Waals surface area (Å²) < 4.78 is 1.90. The fraction of sp³-hybridized carbons (Fsp3) is 0.800. The second kappa shape index (κ2) is 11.2. The van der Waals surface area contributed by atoms with Crippen molar-refractivity contribution in [3.05, 3.63) is 18.0 Å². The zero-order valence-electron chi connectivity index (χ0n) is 17.2. The molecule has 0 bridgehead atoms. The van der Waals surface area contributed by atoms with E-state index < -0.39 is 0 Å². The molecule has 0 aromatic carbocycles. The van der Waals surface area contributed by atoms with Crippen LogP contribution in [0.2, 0.25) is 0 Å². The van der Waals surface area contributed by atoms with Gasteiger partial charge in [0.05, 0.1) is 6.20 Å². The number of rotatable bonds is 6. The van der Waals surface area contributed by atoms with Gasteiger partial charge in [0, 0.05) is 45.3 Å². The molecule has 2 fully saturated rings. The van der Waals surface area contributed by atoms with Crippen LogP contribution in [0.3, 0.4) is 0 Å². The third-order valence-corrected chi connectivity index (χ3v) is 5.79. The van der Waals surface area contributed by atoms with Gasteiger partial charge in [-0.25, -0.2) is 0 Å². The number of guanidine groups is 1. The molecule has 2 aliphatic rings. The molecule has 3 rings (SSSR count). The van der Waals surface area contributed by atoms with Gasteiger partial charge in [0.25, 0.3) is 0 Å². The summed E-state index contributed by atoms with van der Waals surface area (Å²) in [5.41, 5.74) is 1.35. The highest BCUT2D eigenvalue weighted by Gasteiger charge is 2.26. The molecule has 0 amide bonds. The molecule has 7 heteroatoms. The summed E-state index contributed by atoms with van der Waals surface area (Å²) in [5.74, 6) is 2.57. The van der Waals surface area contributed by atoms with Gasteiger partial charge >= 0.3 is 0 Å². The Morgan fingerprint density at radius 1 is 1.26 bits per heavy atom. The molecule has 3 heterocycles. The lowest BCUT2D eigenvalue weighted by molar-refractivity contribution is 0.191. The van der Waals surface area contributed by atoms with Crippen LogP contribution in [-0.2, 0) is 7.05 Å². The van der Waals surface area contributed by atoms with E-state index in [9.17, 15) is 0 Å². The van der Waals surface area contributed by atoms with Gasteiger partial charge in [0.1, 0.15) is 0 Å². The number of hydrogen-bond acceptors (Lipinski definition) is 3. The SMILES string of the molecule is CCNC(=NCCCN1CCC(C)CC1)N1CCC(c2cnn(C)c2)C1.I. The van der Waals surface area contributed by atoms with E-state index in [1.54, 1.807) is 0 Å². The maximum Gasteiger partial charge on any atom is 0.193 e. The lowest BCUT2D eigenvalue weighted by Gasteiger charge is -2.30. The minimum atomic E-state index is 0. The number of halogens is 1. The summed E-state index contributed by atoms with van der Waals surface area (Å²) in [7, 11) is 1.99. The van der Waals surface area contributed by atoms with E-state index in [4.69, 9.17) is 4.99 Å². The van der Waals surface area contributed by atoms with E-state index >= 15 is 0 Å². The second-order valence-electron chi connectivity index (χ2n) is 7.99. The standard InChI is InChI=1S/C20H36N6.HI/c1-4-21-20(22-9-5-10-25-11-6-17(2)7-12-25)26-13-8-18(16-26)19-14-23-24(3)15-19;/h14-15,17-18H,4-13,16H2,1-3H3,(H,21,22);1H. The number of aromatic nitrogens is 2. The molecule has 2 aliphatic heterocycles. The van der Waals surface area contributed by atoms with Crippen molar-refractivity contribution in [1.82, 2.24) is 24.9 Å². The van der Waals surface area contributed by atoms with Crippen LogP contribution < -0.4 is 5.32 Å². The Hall–Kier alpha value is -0.830. The van der Waals surface area contributed by atoms with Crippen molar-refractivity contribution in [3.63, 3.8) is 0 Å². The third-order valence-electron chi connectivity index (χ3n) is 5.79. The van der Waals surface area contributed by atoms with Gasteiger partial charge in [0.15, 0.2) is 5.96 Å². The molecule has 6 nitrogen and oxygen atoms in total. The zero-order valence-corrected chi connectivity index (χ0v) is 19.6. The number of aliphatic imine (C=N–C) groups is 1. The lowest BCUT2D eigenvalue weighted by atomic mass is 9.99. The van der Waals surface area contributed by atoms with Gasteiger partial charge in [-0.15, -0.1) is 24.0 Å². The number of likely N-dealkylation sites (tertiary alicyclic amines) is 2. The van der Waals surface area contributed by atoms with Gasteiger partial charge in [-0.1, -0.05) is 6.92 Å². The van der Waals surface area contributed by atoms with Crippen LogP contribution in [0.5, 0.6) is 0 Å². The Morgan fingerprint density at radius 3 is 2.70 bits per heavy atom. The predicted molar refractivity (Wildman–Crippen MR) is 123 cm³/mol. The minimum absolute atomic E-state index is 0. The monoisotopic (exact) mass is 488 g/mol. The fourth-order valence-electron chi connectivity index (χ4n) is 4.07. The van der Waals surface area contributed by atoms with Crippen LogP contribution >= 0.6 is 24.0 Å². The molecule has 1 atom stereocenters. The van der Waals surface area contributed by atoms with E-state index in [2.05, 4.69) is 40.3 Å². The maximum absolute atomic E-state index is 4.91. The summed E-state index contributed by atoms with van der Waals surface area (Å²) in [6, 6.07) is 0. The Labute approximate surface area is 181 Å². The van der Waals surface area contributed by atoms with Crippen LogP contribution in [0.4, 0.5) is 0 Å². The molecule has 1 aromatic heterocycles. The fourth-order valence-corrected chi connectivity index (χ4v) is 4.07. The zero-order chi connectivity index (χ0) is 18.4. The molecule has 0 saturated carbocycles. The summed E-state index contributed by atoms with van der Waals surface area (Å²) in [4.78, 5) is 9.94. The smallest absolute Gasteiger partial charge is 0.193 e. The van der Waals surface area contributed by atoms with Crippen LogP contribution in [0.25, 0.3) is 0 Å². The van der Waals surface area contributed by atoms with Gasteiger partial charge in [0.2, 0.25) is 0 Å². The minimum Gasteiger partial charge on any atom is -0.357 e. The number of aryl methyl sites for hydroxylation is 1. The average Bonchev–Trinajstić information content (AvgIpc) is 3.28. The van der Waals surface area contributed by atoms with Crippen LogP contribution in [-0.4, -0.2) is 71.4 Å². The molecule has 1 aromatic rings. The Bertz CT molecular complexity index is 579. The van der Waals surface area contributed by atoms with Gasteiger partial charge in [-0.3, -0.25) is 9.67 Å². The quantitative estimate of drug-likeness (QED) is 0.290. The summed E-state index contributed by atoms with van der Waals surface area (Å²) in [5, 5.41) is 7.81. The molecule has 27 heavy (non-hydrogen) atoms. The van der Waals surface area contributed by atoms with E-state index in [0.717, 1.165) is 44.5 Å². The van der Waals surface area contributed by atoms with Crippen molar-refractivity contribution < 1.29 is 0 Å². The van der Waals surface area contributed by atoms with E-state index in [1.807, 2.05) is 17.9 Å². The van der Waals surface area contributed by atoms with Crippen LogP contribution in [0.1, 0.15) is 51.0 Å². The average molecular weight is 488 g/mol. The highest BCUT2D eigenvalue weighted by Crippen LogP contribution is 2.26. The lowest BCUT2D eigenvalue weighted by Crippen LogP contribution is -2.40. The van der Waals surface area contributed by atoms with E-state index in [1.165, 1.54) is 44.5 Å². The molecule has 0 spiro atoms. The highest BCUT2D eigenvalue weighted by atomic mass is 127. The van der Waals surface area contributed by atoms with E-state index in [-0.39, 0.29) is 24.0 Å². The first-order valence-electron chi connectivity index (χ1n) is 10.4. The molecule has 154 valence electrons. The first-order valence-corrected chi connectivity index (χ1v) is 10.4. The Morgan fingerprint density at radius 2 is 2.04 bits per heavy atom. The largest absolute Gasteiger partial charge is 0.357 e. The van der Waals surface area contributed by atoms with Crippen molar-refractivity contribution in [2.75, 3.05) is 45.8 Å². The van der Waals surface area contributed by atoms with Crippen molar-refractivity contribution >= 4 is 29.9 Å². The van der Waals surface area contributed by atoms with Crippen LogP contribution in [0, 0.1) is 5.92 Å². The maximum atomic E-state index is 4.91. The molecular weight excluding hydrogens is 451 g/mol. The Balaban J connectivity index is 0.00000261. The number of hydrogen-bond donors (Lipinski definition) is 1. The van der Waals surface area contributed by atoms with Crippen molar-refractivity contribution in [2.45, 2.75) is 45.4 Å². The normalized spacial score (nSPS) is 22.1. The highest BCUT2D eigenvalue weighted by molar-refractivity contribution is 14.0. The summed E-state index contributed by atoms with van der Waals surface area (Å²) >= 11 is 0. The van der Waals surface area contributed by atoms with Crippen molar-refractivity contribution in [3.8, 4) is 0 Å². The van der Waals surface area contributed by atoms with Gasteiger partial charge < -0.3 is 15.1 Å². The molecule has 0 aliphatic carbocycles. The van der Waals surface area contributed by atoms with E-state index in [0.29, 0.717) is 5.92 Å². The Kier molecular flexibility index (Phi) is 9.35. The summed E-state index contributed by atoms with van der Waals surface area (Å²) in [6.07, 6.45) is 9.21. The third kappa shape index (κ3) is 6.62. The topological polar surface area (TPSA) is 48.7 Å². The molecular formula is C20H37IN6. The van der Waals surface area contributed by atoms with Crippen molar-refractivity contribution in [1.29, 1.82) is 0 Å². The molecule has 1 unspecified atom stereocenters. The number of nitrogens with zero attached hydrogens (tertiary/aromatic N) is 5. The molecule has 1 N–H and O–H groups in total. The second-order valence-corrected chi connectivity index (χ2v) is 7.99. The first kappa shape index (κ1) is 22.5.